The first kappa shape index (κ1) is 16.2. The number of hydrogen-bond acceptors (Lipinski definition) is 3. The van der Waals surface area contributed by atoms with Gasteiger partial charge in [-0.3, -0.25) is 0 Å². The molecule has 4 nitrogen and oxygen atoms in total. The lowest BCUT2D eigenvalue weighted by Gasteiger charge is -2.05. The van der Waals surface area contributed by atoms with Crippen LogP contribution in [0.15, 0.2) is 53.1 Å². The van der Waals surface area contributed by atoms with Gasteiger partial charge in [0.25, 0.3) is 0 Å². The number of carbonyl (C=O) groups is 1. The summed E-state index contributed by atoms with van der Waals surface area (Å²) in [5.41, 5.74) is 1.25. The number of ether oxygens (including phenoxy) is 1. The van der Waals surface area contributed by atoms with Gasteiger partial charge >= 0.3 is 6.09 Å². The van der Waals surface area contributed by atoms with Crippen molar-refractivity contribution >= 4 is 28.1 Å². The summed E-state index contributed by atoms with van der Waals surface area (Å²) >= 11 is 3.22. The Labute approximate surface area is 136 Å². The van der Waals surface area contributed by atoms with Crippen LogP contribution in [0.1, 0.15) is 11.1 Å². The highest BCUT2D eigenvalue weighted by Gasteiger charge is 2.02. The number of halogens is 2. The van der Waals surface area contributed by atoms with E-state index in [-0.39, 0.29) is 13.2 Å². The SMILES string of the molecule is O=C(NCC=Cc1cc(Br)cnc1F)OCc1ccccc1. The smallest absolute Gasteiger partial charge is 0.407 e. The van der Waals surface area contributed by atoms with Crippen LogP contribution in [0.5, 0.6) is 0 Å². The number of alkyl carbamates (subject to hydrolysis) is 1. The third-order valence-corrected chi connectivity index (χ3v) is 3.14. The highest BCUT2D eigenvalue weighted by Crippen LogP contribution is 2.14. The predicted molar refractivity (Wildman–Crippen MR) is 85.6 cm³/mol. The van der Waals surface area contributed by atoms with Crippen LogP contribution < -0.4 is 5.32 Å². The van der Waals surface area contributed by atoms with Gasteiger partial charge in [-0.1, -0.05) is 42.5 Å². The Hall–Kier alpha value is -2.21. The molecule has 1 N–H and O–H groups in total. The van der Waals surface area contributed by atoms with Crippen molar-refractivity contribution in [3.05, 3.63) is 70.2 Å². The topological polar surface area (TPSA) is 51.2 Å². The van der Waals surface area contributed by atoms with Gasteiger partial charge in [-0.15, -0.1) is 0 Å². The molecule has 2 aromatic rings. The molecule has 0 radical (unpaired) electrons. The van der Waals surface area contributed by atoms with Crippen LogP contribution in [0.3, 0.4) is 0 Å². The zero-order chi connectivity index (χ0) is 15.8. The average Bonchev–Trinajstić information content (AvgIpc) is 2.53. The van der Waals surface area contributed by atoms with E-state index in [4.69, 9.17) is 4.74 Å². The summed E-state index contributed by atoms with van der Waals surface area (Å²) in [5, 5.41) is 2.55. The van der Waals surface area contributed by atoms with Gasteiger partial charge in [0.05, 0.1) is 0 Å². The summed E-state index contributed by atoms with van der Waals surface area (Å²) in [7, 11) is 0. The number of nitrogens with zero attached hydrogens (tertiary/aromatic N) is 1. The van der Waals surface area contributed by atoms with Crippen LogP contribution >= 0.6 is 15.9 Å². The molecule has 0 saturated heterocycles. The Bertz CT molecular complexity index is 662. The van der Waals surface area contributed by atoms with Crippen molar-refractivity contribution in [2.75, 3.05) is 6.54 Å². The summed E-state index contributed by atoms with van der Waals surface area (Å²) < 4.78 is 19.1. The molecule has 0 aliphatic rings. The number of aromatic nitrogens is 1. The van der Waals surface area contributed by atoms with E-state index in [0.29, 0.717) is 10.0 Å². The molecule has 0 bridgehead atoms. The molecule has 0 fully saturated rings. The van der Waals surface area contributed by atoms with Crippen molar-refractivity contribution in [1.29, 1.82) is 0 Å². The van der Waals surface area contributed by atoms with E-state index < -0.39 is 12.0 Å². The van der Waals surface area contributed by atoms with Crippen LogP contribution in [0.2, 0.25) is 0 Å². The summed E-state index contributed by atoms with van der Waals surface area (Å²) in [6, 6.07) is 11.0. The summed E-state index contributed by atoms with van der Waals surface area (Å²) in [6.45, 7) is 0.445. The van der Waals surface area contributed by atoms with Gasteiger partial charge in [0, 0.05) is 22.8 Å². The first-order valence-corrected chi connectivity index (χ1v) is 7.36. The molecule has 1 aromatic heterocycles. The highest BCUT2D eigenvalue weighted by atomic mass is 79.9. The Balaban J connectivity index is 1.75. The van der Waals surface area contributed by atoms with Crippen LogP contribution in [-0.2, 0) is 11.3 Å². The van der Waals surface area contributed by atoms with Crippen molar-refractivity contribution in [1.82, 2.24) is 10.3 Å². The van der Waals surface area contributed by atoms with E-state index in [0.717, 1.165) is 5.56 Å². The fraction of sp³-hybridized carbons (Fsp3) is 0.125. The maximum absolute atomic E-state index is 13.4. The normalized spacial score (nSPS) is 10.6. The lowest BCUT2D eigenvalue weighted by atomic mass is 10.2. The molecule has 1 amide bonds. The van der Waals surface area contributed by atoms with E-state index in [1.165, 1.54) is 6.20 Å². The van der Waals surface area contributed by atoms with Gasteiger partial charge in [-0.25, -0.2) is 9.78 Å². The molecule has 6 heteroatoms. The van der Waals surface area contributed by atoms with Gasteiger partial charge in [0.2, 0.25) is 5.95 Å². The Kier molecular flexibility index (Phi) is 6.09. The lowest BCUT2D eigenvalue weighted by molar-refractivity contribution is 0.141. The summed E-state index contributed by atoms with van der Waals surface area (Å²) in [6.07, 6.45) is 4.02. The molecule has 0 aliphatic carbocycles. The van der Waals surface area contributed by atoms with Crippen molar-refractivity contribution in [2.45, 2.75) is 6.61 Å². The van der Waals surface area contributed by atoms with Crippen molar-refractivity contribution in [3.63, 3.8) is 0 Å². The monoisotopic (exact) mass is 364 g/mol. The lowest BCUT2D eigenvalue weighted by Crippen LogP contribution is -2.24. The second-order valence-electron chi connectivity index (χ2n) is 4.38. The zero-order valence-corrected chi connectivity index (χ0v) is 13.2. The minimum atomic E-state index is -0.564. The van der Waals surface area contributed by atoms with Gasteiger partial charge in [0.1, 0.15) is 6.61 Å². The second-order valence-corrected chi connectivity index (χ2v) is 5.29. The zero-order valence-electron chi connectivity index (χ0n) is 11.6. The number of rotatable bonds is 5. The maximum atomic E-state index is 13.4. The molecular formula is C16H14BrFN2O2. The van der Waals surface area contributed by atoms with E-state index in [1.54, 1.807) is 18.2 Å². The third-order valence-electron chi connectivity index (χ3n) is 2.71. The molecule has 0 saturated carbocycles. The minimum Gasteiger partial charge on any atom is -0.445 e. The first-order chi connectivity index (χ1) is 10.6. The number of carbonyl (C=O) groups excluding carboxylic acids is 1. The quantitative estimate of drug-likeness (QED) is 0.818. The maximum Gasteiger partial charge on any atom is 0.407 e. The van der Waals surface area contributed by atoms with Crippen LogP contribution in [0.25, 0.3) is 6.08 Å². The number of benzene rings is 1. The van der Waals surface area contributed by atoms with Crippen molar-refractivity contribution in [3.8, 4) is 0 Å². The first-order valence-electron chi connectivity index (χ1n) is 6.57. The average molecular weight is 365 g/mol. The third kappa shape index (κ3) is 5.29. The standard InChI is InChI=1S/C16H14BrFN2O2/c17-14-9-13(15(18)20-10-14)7-4-8-19-16(21)22-11-12-5-2-1-3-6-12/h1-7,9-10H,8,11H2,(H,19,21). The van der Waals surface area contributed by atoms with Crippen LogP contribution in [-0.4, -0.2) is 17.6 Å². The number of nitrogens with one attached hydrogen (secondary N) is 1. The summed E-state index contributed by atoms with van der Waals surface area (Å²) in [5.74, 6) is -0.564. The van der Waals surface area contributed by atoms with Crippen LogP contribution in [0.4, 0.5) is 9.18 Å². The molecule has 0 unspecified atom stereocenters. The largest absolute Gasteiger partial charge is 0.445 e. The van der Waals surface area contributed by atoms with Crippen molar-refractivity contribution in [2.24, 2.45) is 0 Å². The number of amides is 1. The molecule has 1 heterocycles. The molecule has 1 aromatic carbocycles. The Morgan fingerprint density at radius 1 is 1.36 bits per heavy atom. The van der Waals surface area contributed by atoms with E-state index >= 15 is 0 Å². The molecular weight excluding hydrogens is 351 g/mol. The van der Waals surface area contributed by atoms with Crippen LogP contribution in [0, 0.1) is 5.95 Å². The summed E-state index contributed by atoms with van der Waals surface area (Å²) in [4.78, 5) is 15.1. The fourth-order valence-electron chi connectivity index (χ4n) is 1.66. The molecule has 114 valence electrons. The highest BCUT2D eigenvalue weighted by molar-refractivity contribution is 9.10. The predicted octanol–water partition coefficient (Wildman–Crippen LogP) is 3.92. The number of hydrogen-bond donors (Lipinski definition) is 1. The molecule has 0 atom stereocenters. The Morgan fingerprint density at radius 3 is 2.91 bits per heavy atom. The minimum absolute atomic E-state index is 0.209. The molecule has 0 spiro atoms. The second kappa shape index (κ2) is 8.29. The molecule has 0 aliphatic heterocycles. The van der Waals surface area contributed by atoms with Crippen molar-refractivity contribution < 1.29 is 13.9 Å². The molecule has 22 heavy (non-hydrogen) atoms. The van der Waals surface area contributed by atoms with E-state index in [9.17, 15) is 9.18 Å². The fourth-order valence-corrected chi connectivity index (χ4v) is 2.01. The van der Waals surface area contributed by atoms with Gasteiger partial charge in [-0.2, -0.15) is 4.39 Å². The van der Waals surface area contributed by atoms with E-state index in [2.05, 4.69) is 26.2 Å². The number of pyridine rings is 1. The van der Waals surface area contributed by atoms with Gasteiger partial charge < -0.3 is 10.1 Å². The van der Waals surface area contributed by atoms with Gasteiger partial charge in [-0.05, 0) is 27.6 Å². The molecule has 2 rings (SSSR count). The van der Waals surface area contributed by atoms with Gasteiger partial charge in [0.15, 0.2) is 0 Å². The van der Waals surface area contributed by atoms with E-state index in [1.807, 2.05) is 30.3 Å². The Morgan fingerprint density at radius 2 is 2.14 bits per heavy atom.